The number of amides is 1. The van der Waals surface area contributed by atoms with Crippen LogP contribution in [0.15, 0.2) is 24.3 Å². The molecule has 1 atom stereocenters. The van der Waals surface area contributed by atoms with Crippen molar-refractivity contribution in [3.8, 4) is 6.07 Å². The molecule has 8 nitrogen and oxygen atoms in total. The normalized spacial score (nSPS) is 12.2. The van der Waals surface area contributed by atoms with E-state index in [2.05, 4.69) is 43.8 Å². The van der Waals surface area contributed by atoms with Crippen molar-refractivity contribution < 1.29 is 23.4 Å². The lowest BCUT2D eigenvalue weighted by Crippen LogP contribution is -2.34. The molecule has 0 aliphatic rings. The molecule has 1 amide bonds. The lowest BCUT2D eigenvalue weighted by atomic mass is 10.1. The molecule has 0 saturated heterocycles. The summed E-state index contributed by atoms with van der Waals surface area (Å²) in [7, 11) is -1.28. The summed E-state index contributed by atoms with van der Waals surface area (Å²) < 4.78 is 19.4. The van der Waals surface area contributed by atoms with E-state index in [4.69, 9.17) is 19.0 Å². The highest BCUT2D eigenvalue weighted by Gasteiger charge is 2.26. The molecular formula is C22H34N3O5P. The Morgan fingerprint density at radius 3 is 2.13 bits per heavy atom. The Hall–Kier alpha value is -1.88. The van der Waals surface area contributed by atoms with Gasteiger partial charge in [-0.05, 0) is 46.8 Å². The first-order valence-electron chi connectivity index (χ1n) is 10.5. The summed E-state index contributed by atoms with van der Waals surface area (Å²) >= 11 is 0. The SMILES string of the molecule is CC(=O)c1ccc(C(=O)NCCOCCOP(OCCC#N)N(C(C)C)C(C)C)cc1. The van der Waals surface area contributed by atoms with Gasteiger partial charge < -0.3 is 19.1 Å². The van der Waals surface area contributed by atoms with Crippen LogP contribution in [0.25, 0.3) is 0 Å². The van der Waals surface area contributed by atoms with Crippen LogP contribution in [0.1, 0.15) is 61.8 Å². The first kappa shape index (κ1) is 27.2. The second-order valence-electron chi connectivity index (χ2n) is 7.38. The van der Waals surface area contributed by atoms with Gasteiger partial charge in [0.1, 0.15) is 0 Å². The summed E-state index contributed by atoms with van der Waals surface area (Å²) in [4.78, 5) is 23.4. The number of nitrogens with zero attached hydrogens (tertiary/aromatic N) is 2. The van der Waals surface area contributed by atoms with Gasteiger partial charge in [-0.3, -0.25) is 9.59 Å². The van der Waals surface area contributed by atoms with E-state index in [-0.39, 0.29) is 23.8 Å². The fourth-order valence-electron chi connectivity index (χ4n) is 2.78. The number of ketones is 1. The van der Waals surface area contributed by atoms with Gasteiger partial charge in [0.15, 0.2) is 5.78 Å². The third kappa shape index (κ3) is 10.3. The largest absolute Gasteiger partial charge is 0.377 e. The van der Waals surface area contributed by atoms with Crippen molar-refractivity contribution in [3.05, 3.63) is 35.4 Å². The van der Waals surface area contributed by atoms with E-state index in [1.807, 2.05) is 0 Å². The highest BCUT2D eigenvalue weighted by atomic mass is 31.2. The summed E-state index contributed by atoms with van der Waals surface area (Å²) in [6.45, 7) is 11.6. The van der Waals surface area contributed by atoms with Crippen LogP contribution >= 0.6 is 8.53 Å². The molecule has 0 bridgehead atoms. The molecule has 1 unspecified atom stereocenters. The minimum Gasteiger partial charge on any atom is -0.377 e. The molecule has 0 saturated carbocycles. The number of nitrogens with one attached hydrogen (secondary N) is 1. The Morgan fingerprint density at radius 1 is 1.00 bits per heavy atom. The molecule has 1 aromatic rings. The Labute approximate surface area is 186 Å². The summed E-state index contributed by atoms with van der Waals surface area (Å²) in [5, 5.41) is 11.5. The second-order valence-corrected chi connectivity index (χ2v) is 8.84. The van der Waals surface area contributed by atoms with E-state index in [0.717, 1.165) is 0 Å². The van der Waals surface area contributed by atoms with Gasteiger partial charge >= 0.3 is 0 Å². The number of carbonyl (C=O) groups excluding carboxylic acids is 2. The fourth-order valence-corrected chi connectivity index (χ4v) is 4.36. The van der Waals surface area contributed by atoms with Gasteiger partial charge in [-0.15, -0.1) is 0 Å². The average Bonchev–Trinajstić information content (AvgIpc) is 2.72. The van der Waals surface area contributed by atoms with Gasteiger partial charge in [-0.1, -0.05) is 12.1 Å². The maximum atomic E-state index is 12.1. The molecule has 0 spiro atoms. The molecule has 1 N–H and O–H groups in total. The van der Waals surface area contributed by atoms with Crippen LogP contribution in [-0.4, -0.2) is 61.4 Å². The van der Waals surface area contributed by atoms with E-state index in [1.54, 1.807) is 24.3 Å². The van der Waals surface area contributed by atoms with Gasteiger partial charge in [-0.2, -0.15) is 5.26 Å². The molecule has 0 aliphatic heterocycles. The van der Waals surface area contributed by atoms with Gasteiger partial charge in [0.05, 0.1) is 38.9 Å². The Balaban J connectivity index is 2.33. The number of hydrogen-bond acceptors (Lipinski definition) is 7. The van der Waals surface area contributed by atoms with Crippen molar-refractivity contribution in [1.29, 1.82) is 5.26 Å². The van der Waals surface area contributed by atoms with E-state index >= 15 is 0 Å². The van der Waals surface area contributed by atoms with Crippen LogP contribution in [0, 0.1) is 11.3 Å². The first-order chi connectivity index (χ1) is 14.8. The van der Waals surface area contributed by atoms with Crippen molar-refractivity contribution in [2.24, 2.45) is 0 Å². The van der Waals surface area contributed by atoms with E-state index < -0.39 is 8.53 Å². The zero-order chi connectivity index (χ0) is 23.2. The molecule has 0 heterocycles. The second kappa shape index (κ2) is 15.0. The highest BCUT2D eigenvalue weighted by molar-refractivity contribution is 7.44. The number of benzene rings is 1. The molecule has 0 aromatic heterocycles. The van der Waals surface area contributed by atoms with E-state index in [1.165, 1.54) is 6.92 Å². The maximum Gasteiger partial charge on any atom is 0.259 e. The lowest BCUT2D eigenvalue weighted by molar-refractivity contribution is 0.0821. The number of nitriles is 1. The molecule has 172 valence electrons. The predicted octanol–water partition coefficient (Wildman–Crippen LogP) is 3.93. The van der Waals surface area contributed by atoms with Crippen LogP contribution in [0.2, 0.25) is 0 Å². The Kier molecular flexibility index (Phi) is 13.1. The van der Waals surface area contributed by atoms with Crippen LogP contribution in [-0.2, 0) is 13.8 Å². The van der Waals surface area contributed by atoms with Gasteiger partial charge in [0, 0.05) is 29.8 Å². The Morgan fingerprint density at radius 2 is 1.58 bits per heavy atom. The van der Waals surface area contributed by atoms with Gasteiger partial charge in [-0.25, -0.2) is 4.67 Å². The number of hydrogen-bond donors (Lipinski definition) is 1. The minimum absolute atomic E-state index is 0.0355. The van der Waals surface area contributed by atoms with Crippen molar-refractivity contribution >= 4 is 20.2 Å². The van der Waals surface area contributed by atoms with Crippen molar-refractivity contribution in [3.63, 3.8) is 0 Å². The third-order valence-electron chi connectivity index (χ3n) is 4.18. The van der Waals surface area contributed by atoms with E-state index in [0.29, 0.717) is 50.5 Å². The van der Waals surface area contributed by atoms with Crippen molar-refractivity contribution in [2.75, 3.05) is 33.0 Å². The number of Topliss-reactive ketones (excluding diaryl/α,β-unsaturated/α-hetero) is 1. The highest BCUT2D eigenvalue weighted by Crippen LogP contribution is 2.45. The zero-order valence-electron chi connectivity index (χ0n) is 19.1. The standard InChI is InChI=1S/C22H34N3O5P/c1-17(2)25(18(3)4)31(29-13-6-11-23)30-16-15-28-14-12-24-22(27)21-9-7-20(8-10-21)19(5)26/h7-10,17-18H,6,12-16H2,1-5H3,(H,24,27). The van der Waals surface area contributed by atoms with Crippen molar-refractivity contribution in [2.45, 2.75) is 53.1 Å². The molecule has 1 rings (SSSR count). The summed E-state index contributed by atoms with van der Waals surface area (Å²) in [5.41, 5.74) is 1.07. The van der Waals surface area contributed by atoms with E-state index in [9.17, 15) is 9.59 Å². The van der Waals surface area contributed by atoms with Crippen molar-refractivity contribution in [1.82, 2.24) is 9.99 Å². The topological polar surface area (TPSA) is 101 Å². The first-order valence-corrected chi connectivity index (χ1v) is 11.6. The van der Waals surface area contributed by atoms with Gasteiger partial charge in [0.2, 0.25) is 0 Å². The van der Waals surface area contributed by atoms with Crippen LogP contribution in [0.5, 0.6) is 0 Å². The molecule has 9 heteroatoms. The zero-order valence-corrected chi connectivity index (χ0v) is 20.0. The molecule has 0 fully saturated rings. The number of carbonyl (C=O) groups is 2. The fraction of sp³-hybridized carbons (Fsp3) is 0.591. The molecule has 1 aromatic carbocycles. The van der Waals surface area contributed by atoms with Crippen LogP contribution in [0.4, 0.5) is 0 Å². The number of rotatable bonds is 15. The lowest BCUT2D eigenvalue weighted by Gasteiger charge is -2.35. The molecule has 0 radical (unpaired) electrons. The summed E-state index contributed by atoms with van der Waals surface area (Å²) in [6.07, 6.45) is 0.319. The Bertz CT molecular complexity index is 711. The molecular weight excluding hydrogens is 417 g/mol. The smallest absolute Gasteiger partial charge is 0.259 e. The summed E-state index contributed by atoms with van der Waals surface area (Å²) in [6, 6.07) is 9.10. The van der Waals surface area contributed by atoms with Gasteiger partial charge in [0.25, 0.3) is 14.4 Å². The van der Waals surface area contributed by atoms with Crippen LogP contribution in [0.3, 0.4) is 0 Å². The average molecular weight is 452 g/mol. The number of ether oxygens (including phenoxy) is 1. The molecule has 0 aliphatic carbocycles. The third-order valence-corrected chi connectivity index (χ3v) is 6.29. The van der Waals surface area contributed by atoms with Crippen LogP contribution < -0.4 is 5.32 Å². The molecule has 31 heavy (non-hydrogen) atoms. The predicted molar refractivity (Wildman–Crippen MR) is 121 cm³/mol. The summed E-state index contributed by atoms with van der Waals surface area (Å²) in [5.74, 6) is -0.250. The monoisotopic (exact) mass is 451 g/mol. The minimum atomic E-state index is -1.28. The quantitative estimate of drug-likeness (QED) is 0.245. The maximum absolute atomic E-state index is 12.1.